The molecule has 3 nitrogen and oxygen atoms in total. The normalized spacial score (nSPS) is 18.5. The quantitative estimate of drug-likeness (QED) is 0.475. The standard InChI is InChI=1S/C10H13NO2/c11-9-7(2-1-3-8(9)12)10(13)6-4-5-6/h1-3,6,10,12-13H,4-5,11H2. The van der Waals surface area contributed by atoms with Crippen molar-refractivity contribution in [3.63, 3.8) is 0 Å². The molecule has 0 heterocycles. The van der Waals surface area contributed by atoms with Crippen LogP contribution < -0.4 is 5.73 Å². The van der Waals surface area contributed by atoms with E-state index in [0.717, 1.165) is 12.8 Å². The van der Waals surface area contributed by atoms with Crippen LogP contribution in [0.4, 0.5) is 5.69 Å². The molecule has 1 aliphatic carbocycles. The Bertz CT molecular complexity index is 321. The number of benzene rings is 1. The maximum atomic E-state index is 9.77. The van der Waals surface area contributed by atoms with Crippen molar-refractivity contribution in [3.8, 4) is 5.75 Å². The summed E-state index contributed by atoms with van der Waals surface area (Å²) in [5.74, 6) is 0.390. The first-order valence-electron chi connectivity index (χ1n) is 4.45. The molecule has 0 aromatic heterocycles. The Kier molecular flexibility index (Phi) is 1.88. The van der Waals surface area contributed by atoms with E-state index in [2.05, 4.69) is 0 Å². The van der Waals surface area contributed by atoms with Gasteiger partial charge in [-0.05, 0) is 24.8 Å². The average Bonchev–Trinajstić information content (AvgIpc) is 2.91. The topological polar surface area (TPSA) is 66.5 Å². The highest BCUT2D eigenvalue weighted by Crippen LogP contribution is 2.43. The Hall–Kier alpha value is -1.22. The molecule has 3 heteroatoms. The molecule has 13 heavy (non-hydrogen) atoms. The minimum Gasteiger partial charge on any atom is -0.506 e. The van der Waals surface area contributed by atoms with Gasteiger partial charge in [0.15, 0.2) is 0 Å². The molecule has 0 radical (unpaired) electrons. The van der Waals surface area contributed by atoms with Crippen molar-refractivity contribution in [2.45, 2.75) is 18.9 Å². The molecule has 1 unspecified atom stereocenters. The zero-order valence-corrected chi connectivity index (χ0v) is 7.27. The molecule has 1 saturated carbocycles. The molecule has 0 bridgehead atoms. The molecule has 2 rings (SSSR count). The molecule has 70 valence electrons. The maximum Gasteiger partial charge on any atom is 0.138 e. The van der Waals surface area contributed by atoms with E-state index in [1.165, 1.54) is 6.07 Å². The van der Waals surface area contributed by atoms with Gasteiger partial charge in [-0.2, -0.15) is 0 Å². The van der Waals surface area contributed by atoms with Crippen LogP contribution in [0.25, 0.3) is 0 Å². The first kappa shape index (κ1) is 8.38. The Labute approximate surface area is 76.8 Å². The number of aliphatic hydroxyl groups is 1. The molecule has 1 fully saturated rings. The highest BCUT2D eigenvalue weighted by atomic mass is 16.3. The van der Waals surface area contributed by atoms with Gasteiger partial charge in [0.2, 0.25) is 0 Å². The van der Waals surface area contributed by atoms with E-state index >= 15 is 0 Å². The second-order valence-corrected chi connectivity index (χ2v) is 3.56. The Morgan fingerprint density at radius 2 is 2.08 bits per heavy atom. The number of phenolic OH excluding ortho intramolecular Hbond substituents is 1. The van der Waals surface area contributed by atoms with Gasteiger partial charge in [0, 0.05) is 5.56 Å². The smallest absolute Gasteiger partial charge is 0.138 e. The van der Waals surface area contributed by atoms with Crippen LogP contribution in [-0.4, -0.2) is 10.2 Å². The van der Waals surface area contributed by atoms with Crippen molar-refractivity contribution in [1.82, 2.24) is 0 Å². The molecule has 0 spiro atoms. The average molecular weight is 179 g/mol. The fraction of sp³-hybridized carbons (Fsp3) is 0.400. The summed E-state index contributed by atoms with van der Waals surface area (Å²) in [4.78, 5) is 0. The Morgan fingerprint density at radius 1 is 1.38 bits per heavy atom. The fourth-order valence-corrected chi connectivity index (χ4v) is 1.49. The second-order valence-electron chi connectivity index (χ2n) is 3.56. The van der Waals surface area contributed by atoms with E-state index in [0.29, 0.717) is 17.2 Å². The summed E-state index contributed by atoms with van der Waals surface area (Å²) in [7, 11) is 0. The summed E-state index contributed by atoms with van der Waals surface area (Å²) in [6.45, 7) is 0. The molecular formula is C10H13NO2. The lowest BCUT2D eigenvalue weighted by Crippen LogP contribution is -2.03. The molecule has 1 aromatic rings. The van der Waals surface area contributed by atoms with Crippen molar-refractivity contribution < 1.29 is 10.2 Å². The molecular weight excluding hydrogens is 166 g/mol. The molecule has 1 atom stereocenters. The van der Waals surface area contributed by atoms with E-state index in [1.807, 2.05) is 0 Å². The molecule has 1 aliphatic rings. The highest BCUT2D eigenvalue weighted by Gasteiger charge is 2.32. The largest absolute Gasteiger partial charge is 0.506 e. The van der Waals surface area contributed by atoms with E-state index < -0.39 is 6.10 Å². The summed E-state index contributed by atoms with van der Waals surface area (Å²) in [6, 6.07) is 4.99. The van der Waals surface area contributed by atoms with Gasteiger partial charge in [0.1, 0.15) is 5.75 Å². The summed E-state index contributed by atoms with van der Waals surface area (Å²) in [5.41, 5.74) is 6.60. The molecule has 1 aromatic carbocycles. The van der Waals surface area contributed by atoms with Gasteiger partial charge >= 0.3 is 0 Å². The molecule has 0 aliphatic heterocycles. The predicted molar refractivity (Wildman–Crippen MR) is 50.2 cm³/mol. The monoisotopic (exact) mass is 179 g/mol. The van der Waals surface area contributed by atoms with Crippen molar-refractivity contribution in [2.24, 2.45) is 5.92 Å². The summed E-state index contributed by atoms with van der Waals surface area (Å²) < 4.78 is 0. The minimum atomic E-state index is -0.507. The number of hydrogen-bond donors (Lipinski definition) is 3. The van der Waals surface area contributed by atoms with E-state index in [4.69, 9.17) is 5.73 Å². The van der Waals surface area contributed by atoms with Gasteiger partial charge in [-0.3, -0.25) is 0 Å². The third-order valence-corrected chi connectivity index (χ3v) is 2.50. The summed E-state index contributed by atoms with van der Waals surface area (Å²) in [5, 5.41) is 19.1. The van der Waals surface area contributed by atoms with Gasteiger partial charge in [0.05, 0.1) is 11.8 Å². The first-order valence-corrected chi connectivity index (χ1v) is 4.45. The number of aromatic hydroxyl groups is 1. The predicted octanol–water partition coefficient (Wildman–Crippen LogP) is 1.42. The van der Waals surface area contributed by atoms with Crippen LogP contribution in [0, 0.1) is 5.92 Å². The van der Waals surface area contributed by atoms with Crippen LogP contribution in [0.2, 0.25) is 0 Å². The van der Waals surface area contributed by atoms with Crippen LogP contribution in [0.5, 0.6) is 5.75 Å². The number of rotatable bonds is 2. The minimum absolute atomic E-state index is 0.0530. The first-order chi connectivity index (χ1) is 6.20. The van der Waals surface area contributed by atoms with E-state index in [1.54, 1.807) is 12.1 Å². The third kappa shape index (κ3) is 1.47. The number of hydrogen-bond acceptors (Lipinski definition) is 3. The lowest BCUT2D eigenvalue weighted by Gasteiger charge is -2.12. The van der Waals surface area contributed by atoms with Crippen LogP contribution in [0.3, 0.4) is 0 Å². The number of nitrogens with two attached hydrogens (primary N) is 1. The number of phenols is 1. The van der Waals surface area contributed by atoms with E-state index in [9.17, 15) is 10.2 Å². The summed E-state index contributed by atoms with van der Waals surface area (Å²) >= 11 is 0. The van der Waals surface area contributed by atoms with Crippen molar-refractivity contribution >= 4 is 5.69 Å². The van der Waals surface area contributed by atoms with Gasteiger partial charge < -0.3 is 15.9 Å². The summed E-state index contributed by atoms with van der Waals surface area (Å²) in [6.07, 6.45) is 1.60. The Morgan fingerprint density at radius 3 is 2.69 bits per heavy atom. The maximum absolute atomic E-state index is 9.77. The zero-order chi connectivity index (χ0) is 9.42. The number of nitrogen functional groups attached to an aromatic ring is 1. The van der Waals surface area contributed by atoms with Gasteiger partial charge in [-0.1, -0.05) is 12.1 Å². The lowest BCUT2D eigenvalue weighted by atomic mass is 10.0. The SMILES string of the molecule is Nc1c(O)cccc1C(O)C1CC1. The molecule has 0 saturated heterocycles. The number of para-hydroxylation sites is 1. The molecule has 0 amide bonds. The fourth-order valence-electron chi connectivity index (χ4n) is 1.49. The zero-order valence-electron chi connectivity index (χ0n) is 7.27. The van der Waals surface area contributed by atoms with Crippen LogP contribution in [-0.2, 0) is 0 Å². The third-order valence-electron chi connectivity index (χ3n) is 2.50. The molecule has 4 N–H and O–H groups in total. The lowest BCUT2D eigenvalue weighted by molar-refractivity contribution is 0.154. The van der Waals surface area contributed by atoms with Gasteiger partial charge in [-0.25, -0.2) is 0 Å². The number of anilines is 1. The van der Waals surface area contributed by atoms with Gasteiger partial charge in [-0.15, -0.1) is 0 Å². The van der Waals surface area contributed by atoms with Crippen LogP contribution in [0.15, 0.2) is 18.2 Å². The second kappa shape index (κ2) is 2.92. The van der Waals surface area contributed by atoms with Crippen LogP contribution in [0.1, 0.15) is 24.5 Å². The Balaban J connectivity index is 2.32. The van der Waals surface area contributed by atoms with E-state index in [-0.39, 0.29) is 5.75 Å². The van der Waals surface area contributed by atoms with Crippen molar-refractivity contribution in [3.05, 3.63) is 23.8 Å². The van der Waals surface area contributed by atoms with Crippen molar-refractivity contribution in [2.75, 3.05) is 5.73 Å². The van der Waals surface area contributed by atoms with Crippen molar-refractivity contribution in [1.29, 1.82) is 0 Å². The van der Waals surface area contributed by atoms with Crippen LogP contribution >= 0.6 is 0 Å². The number of aliphatic hydroxyl groups excluding tert-OH is 1. The van der Waals surface area contributed by atoms with Gasteiger partial charge in [0.25, 0.3) is 0 Å². The highest BCUT2D eigenvalue weighted by molar-refractivity contribution is 5.58.